The lowest BCUT2D eigenvalue weighted by Crippen LogP contribution is -2.48. The largest absolute Gasteiger partial charge is 0.416 e. The van der Waals surface area contributed by atoms with E-state index < -0.39 is 16.6 Å². The predicted octanol–water partition coefficient (Wildman–Crippen LogP) is 8.96. The molecule has 2 saturated heterocycles. The Kier molecular flexibility index (Phi) is 13.5. The Bertz CT molecular complexity index is 893. The summed E-state index contributed by atoms with van der Waals surface area (Å²) in [4.78, 5) is 24.5. The zero-order valence-corrected chi connectivity index (χ0v) is 31.9. The number of ketones is 2. The molecule has 0 aromatic heterocycles. The number of carbonyl (C=O) groups is 2. The van der Waals surface area contributed by atoms with Crippen LogP contribution in [0.25, 0.3) is 0 Å². The molecule has 4 bridgehead atoms. The summed E-state index contributed by atoms with van der Waals surface area (Å²) in [6, 6.07) is 0. The molecule has 0 spiro atoms. The van der Waals surface area contributed by atoms with Crippen LogP contribution in [0, 0.1) is 11.8 Å². The molecule has 0 aromatic carbocycles. The van der Waals surface area contributed by atoms with Gasteiger partial charge in [-0.25, -0.2) is 0 Å². The first-order valence-corrected chi connectivity index (χ1v) is 21.9. The van der Waals surface area contributed by atoms with Crippen molar-refractivity contribution in [3.8, 4) is 0 Å². The van der Waals surface area contributed by atoms with E-state index in [1.165, 1.54) is 0 Å². The zero-order valence-electron chi connectivity index (χ0n) is 29.9. The number of rotatable bonds is 14. The van der Waals surface area contributed by atoms with Gasteiger partial charge in [0.2, 0.25) is 0 Å². The van der Waals surface area contributed by atoms with Gasteiger partial charge in [0.25, 0.3) is 0 Å². The molecule has 4 rings (SSSR count). The first-order chi connectivity index (χ1) is 20.6. The Morgan fingerprint density at radius 3 is 1.14 bits per heavy atom. The first-order valence-electron chi connectivity index (χ1n) is 17.6. The maximum absolute atomic E-state index is 12.2. The van der Waals surface area contributed by atoms with Crippen LogP contribution in [-0.4, -0.2) is 65.8 Å². The fourth-order valence-corrected chi connectivity index (χ4v) is 20.1. The van der Waals surface area contributed by atoms with Crippen LogP contribution < -0.4 is 0 Å². The molecule has 0 unspecified atom stereocenters. The van der Waals surface area contributed by atoms with Crippen molar-refractivity contribution in [1.82, 2.24) is 0 Å². The molecular formula is C36H64O6Si2. The number of ether oxygens (including phenoxy) is 2. The van der Waals surface area contributed by atoms with Gasteiger partial charge >= 0.3 is 0 Å². The predicted molar refractivity (Wildman–Crippen MR) is 185 cm³/mol. The quantitative estimate of drug-likeness (QED) is 0.138. The van der Waals surface area contributed by atoms with E-state index in [4.69, 9.17) is 18.3 Å². The van der Waals surface area contributed by atoms with Crippen LogP contribution in [-0.2, 0) is 27.9 Å². The Morgan fingerprint density at radius 2 is 0.864 bits per heavy atom. The van der Waals surface area contributed by atoms with Gasteiger partial charge in [0.15, 0.2) is 16.6 Å². The summed E-state index contributed by atoms with van der Waals surface area (Å²) in [6.45, 7) is 28.9. The van der Waals surface area contributed by atoms with Gasteiger partial charge in [-0.1, -0.05) is 107 Å². The molecule has 6 nitrogen and oxygen atoms in total. The summed E-state index contributed by atoms with van der Waals surface area (Å²) < 4.78 is 24.8. The Labute approximate surface area is 271 Å². The summed E-state index contributed by atoms with van der Waals surface area (Å²) >= 11 is 0. The van der Waals surface area contributed by atoms with Crippen molar-refractivity contribution in [1.29, 1.82) is 0 Å². The van der Waals surface area contributed by atoms with E-state index in [1.807, 2.05) is 12.2 Å². The molecular weight excluding hydrogens is 585 g/mol. The van der Waals surface area contributed by atoms with Crippen LogP contribution in [0.4, 0.5) is 0 Å². The molecule has 6 atom stereocenters. The number of fused-ring (bicyclic) bond motifs is 4. The number of hydrogen-bond donors (Lipinski definition) is 0. The van der Waals surface area contributed by atoms with Crippen LogP contribution in [0.3, 0.4) is 0 Å². The summed E-state index contributed by atoms with van der Waals surface area (Å²) in [5.41, 5.74) is 3.51. The summed E-state index contributed by atoms with van der Waals surface area (Å²) in [7, 11) is -3.65. The average molecular weight is 649 g/mol. The lowest BCUT2D eigenvalue weighted by molar-refractivity contribution is -0.138. The zero-order chi connectivity index (χ0) is 33.0. The van der Waals surface area contributed by atoms with Crippen molar-refractivity contribution >= 4 is 28.2 Å². The summed E-state index contributed by atoms with van der Waals surface area (Å²) in [5.74, 6) is 0.683. The first kappa shape index (κ1) is 37.6. The lowest BCUT2D eigenvalue weighted by Gasteiger charge is -2.42. The summed E-state index contributed by atoms with van der Waals surface area (Å²) in [6.07, 6.45) is 10.9. The van der Waals surface area contributed by atoms with Gasteiger partial charge in [-0.15, -0.1) is 0 Å². The topological polar surface area (TPSA) is 71.1 Å². The van der Waals surface area contributed by atoms with E-state index >= 15 is 0 Å². The third-order valence-electron chi connectivity index (χ3n) is 11.1. The minimum absolute atomic E-state index is 0.00631. The van der Waals surface area contributed by atoms with Crippen LogP contribution in [0.1, 0.15) is 109 Å². The molecule has 0 aliphatic carbocycles. The molecule has 8 heteroatoms. The monoisotopic (exact) mass is 648 g/mol. The molecule has 0 radical (unpaired) electrons. The van der Waals surface area contributed by atoms with Gasteiger partial charge in [-0.3, -0.25) is 9.59 Å². The molecule has 4 aliphatic rings. The van der Waals surface area contributed by atoms with Crippen molar-refractivity contribution in [2.45, 2.75) is 166 Å². The second-order valence-corrected chi connectivity index (χ2v) is 26.4. The van der Waals surface area contributed by atoms with Crippen molar-refractivity contribution in [3.63, 3.8) is 0 Å². The molecule has 0 N–H and O–H groups in total. The fraction of sp³-hybridized carbons (Fsp3) is 0.833. The Hall–Kier alpha value is -0.906. The highest BCUT2D eigenvalue weighted by Gasteiger charge is 2.47. The van der Waals surface area contributed by atoms with Gasteiger partial charge in [-0.2, -0.15) is 0 Å². The van der Waals surface area contributed by atoms with Crippen molar-refractivity contribution < 1.29 is 27.9 Å². The molecule has 2 fully saturated rings. The number of carbonyl (C=O) groups excluding carboxylic acids is 2. The SMILES string of the molecule is CC(C)[Si](OCC[C@@H]1C(=O)C[C@H]2C=C[C@@H]1O2)(C(C)C)C(C)C.CC(C)[Si](OCC[C@H]1C(=O)C[C@H]2C=C[C@@H]1O2)(C(C)C)C(C)C. The Morgan fingerprint density at radius 1 is 0.568 bits per heavy atom. The second-order valence-electron chi connectivity index (χ2n) is 15.5. The van der Waals surface area contributed by atoms with E-state index in [2.05, 4.69) is 95.2 Å². The van der Waals surface area contributed by atoms with Crippen LogP contribution in [0.2, 0.25) is 33.2 Å². The molecule has 0 aromatic rings. The smallest absolute Gasteiger partial charge is 0.200 e. The molecule has 252 valence electrons. The molecule has 44 heavy (non-hydrogen) atoms. The molecule has 4 aliphatic heterocycles. The van der Waals surface area contributed by atoms with Gasteiger partial charge < -0.3 is 18.3 Å². The normalized spacial score (nSPS) is 28.4. The van der Waals surface area contributed by atoms with Gasteiger partial charge in [0.1, 0.15) is 11.6 Å². The highest BCUT2D eigenvalue weighted by Crippen LogP contribution is 2.44. The van der Waals surface area contributed by atoms with Crippen molar-refractivity contribution in [3.05, 3.63) is 24.3 Å². The van der Waals surface area contributed by atoms with Gasteiger partial charge in [-0.05, 0) is 46.1 Å². The fourth-order valence-electron chi connectivity index (χ4n) is 9.18. The second kappa shape index (κ2) is 15.8. The van der Waals surface area contributed by atoms with E-state index in [0.717, 1.165) is 12.8 Å². The molecule has 4 heterocycles. The van der Waals surface area contributed by atoms with E-state index in [9.17, 15) is 9.59 Å². The third-order valence-corrected chi connectivity index (χ3v) is 23.3. The van der Waals surface area contributed by atoms with Crippen molar-refractivity contribution in [2.75, 3.05) is 13.2 Å². The highest BCUT2D eigenvalue weighted by molar-refractivity contribution is 6.78. The average Bonchev–Trinajstić information content (AvgIpc) is 3.50. The maximum Gasteiger partial charge on any atom is 0.200 e. The van der Waals surface area contributed by atoms with Crippen LogP contribution >= 0.6 is 0 Å². The van der Waals surface area contributed by atoms with E-state index in [1.54, 1.807) is 0 Å². The standard InChI is InChI=1S/2C18H32O3Si/c2*1-12(2)22(13(3)4,14(5)6)20-10-9-16-17(19)11-15-7-8-18(16)21-15/h2*7-8,12-16,18H,9-11H2,1-6H3/t15-,16+,18+;15-,16-,18+/m11/s1. The summed E-state index contributed by atoms with van der Waals surface area (Å²) in [5, 5.41) is 0. The van der Waals surface area contributed by atoms with Crippen molar-refractivity contribution in [2.24, 2.45) is 11.8 Å². The number of hydrogen-bond acceptors (Lipinski definition) is 6. The maximum atomic E-state index is 12.2. The number of Topliss-reactive ketones (excluding diaryl/α,β-unsaturated/α-hetero) is 2. The van der Waals surface area contributed by atoms with E-state index in [0.29, 0.717) is 70.9 Å². The molecule has 0 saturated carbocycles. The van der Waals surface area contributed by atoms with E-state index in [-0.39, 0.29) is 36.3 Å². The van der Waals surface area contributed by atoms with Crippen LogP contribution in [0.15, 0.2) is 24.3 Å². The molecule has 0 amide bonds. The lowest BCUT2D eigenvalue weighted by atomic mass is 9.91. The Balaban J connectivity index is 0.000000240. The van der Waals surface area contributed by atoms with Crippen LogP contribution in [0.5, 0.6) is 0 Å². The van der Waals surface area contributed by atoms with Gasteiger partial charge in [0.05, 0.1) is 24.4 Å². The minimum atomic E-state index is -1.83. The minimum Gasteiger partial charge on any atom is -0.416 e. The highest BCUT2D eigenvalue weighted by atomic mass is 28.4. The third kappa shape index (κ3) is 7.96. The van der Waals surface area contributed by atoms with Gasteiger partial charge in [0, 0.05) is 37.9 Å².